The zero-order valence-electron chi connectivity index (χ0n) is 19.7. The van der Waals surface area contributed by atoms with Crippen LogP contribution in [0, 0.1) is 10.1 Å². The molecule has 2 aromatic rings. The number of fused-ring (bicyclic) bond motifs is 3. The molecule has 1 aliphatic carbocycles. The number of ether oxygens (including phenoxy) is 1. The van der Waals surface area contributed by atoms with Crippen LogP contribution in [0.25, 0.3) is 0 Å². The van der Waals surface area contributed by atoms with E-state index in [4.69, 9.17) is 9.15 Å². The Kier molecular flexibility index (Phi) is 6.92. The summed E-state index contributed by atoms with van der Waals surface area (Å²) in [5.41, 5.74) is 2.42. The number of furan rings is 1. The van der Waals surface area contributed by atoms with Gasteiger partial charge in [-0.3, -0.25) is 14.9 Å². The monoisotopic (exact) mass is 484 g/mol. The van der Waals surface area contributed by atoms with Crippen molar-refractivity contribution in [1.29, 1.82) is 0 Å². The summed E-state index contributed by atoms with van der Waals surface area (Å²) in [4.78, 5) is 24.3. The second kappa shape index (κ2) is 10.2. The highest BCUT2D eigenvalue weighted by atomic mass is 16.6. The molecule has 10 nitrogen and oxygen atoms in total. The molecule has 10 heteroatoms. The fraction of sp³-hybridized carbons (Fsp3) is 0.560. The smallest absolute Gasteiger partial charge is 0.433 e. The molecule has 3 aliphatic rings. The summed E-state index contributed by atoms with van der Waals surface area (Å²) in [7, 11) is 0. The van der Waals surface area contributed by atoms with E-state index in [1.54, 1.807) is 4.90 Å². The number of benzene rings is 1. The van der Waals surface area contributed by atoms with Gasteiger partial charge in [0.05, 0.1) is 6.07 Å². The summed E-state index contributed by atoms with van der Waals surface area (Å²) in [6.45, 7) is 1.66. The molecule has 2 fully saturated rings. The van der Waals surface area contributed by atoms with Crippen LogP contribution in [-0.4, -0.2) is 65.3 Å². The largest absolute Gasteiger partial charge is 0.490 e. The Morgan fingerprint density at radius 3 is 2.80 bits per heavy atom. The molecule has 1 saturated heterocycles. The molecule has 1 aromatic heterocycles. The van der Waals surface area contributed by atoms with Gasteiger partial charge < -0.3 is 29.8 Å². The lowest BCUT2D eigenvalue weighted by Crippen LogP contribution is -2.47. The van der Waals surface area contributed by atoms with Gasteiger partial charge in [0.15, 0.2) is 5.76 Å². The number of hydrogen-bond donors (Lipinski definition) is 3. The molecule has 188 valence electrons. The van der Waals surface area contributed by atoms with E-state index in [-0.39, 0.29) is 24.3 Å². The molecule has 3 unspecified atom stereocenters. The van der Waals surface area contributed by atoms with E-state index in [2.05, 4.69) is 16.7 Å². The zero-order valence-corrected chi connectivity index (χ0v) is 19.7. The zero-order chi connectivity index (χ0) is 24.4. The van der Waals surface area contributed by atoms with Gasteiger partial charge in [0.1, 0.15) is 23.4 Å². The highest BCUT2D eigenvalue weighted by Gasteiger charge is 2.36. The number of amides is 1. The summed E-state index contributed by atoms with van der Waals surface area (Å²) in [6, 6.07) is 9.32. The highest BCUT2D eigenvalue weighted by molar-refractivity contribution is 5.91. The molecule has 0 spiro atoms. The number of anilines is 1. The van der Waals surface area contributed by atoms with Gasteiger partial charge in [-0.2, -0.15) is 0 Å². The van der Waals surface area contributed by atoms with E-state index in [1.807, 2.05) is 12.1 Å². The lowest BCUT2D eigenvalue weighted by atomic mass is 9.82. The summed E-state index contributed by atoms with van der Waals surface area (Å²) < 4.78 is 11.1. The Bertz CT molecular complexity index is 1060. The molecule has 5 rings (SSSR count). The van der Waals surface area contributed by atoms with Crippen LogP contribution in [0.4, 0.5) is 11.6 Å². The number of nitro groups is 1. The highest BCUT2D eigenvalue weighted by Crippen LogP contribution is 2.47. The van der Waals surface area contributed by atoms with Gasteiger partial charge >= 0.3 is 5.88 Å². The number of nitrogens with zero attached hydrogens (tertiary/aromatic N) is 2. The van der Waals surface area contributed by atoms with Crippen molar-refractivity contribution in [1.82, 2.24) is 10.2 Å². The molecule has 1 aromatic carbocycles. The van der Waals surface area contributed by atoms with Crippen molar-refractivity contribution in [3.63, 3.8) is 0 Å². The Balaban J connectivity index is 1.06. The van der Waals surface area contributed by atoms with Crippen LogP contribution in [0.15, 0.2) is 34.7 Å². The number of carbonyl (C=O) groups is 1. The van der Waals surface area contributed by atoms with E-state index in [9.17, 15) is 20.0 Å². The van der Waals surface area contributed by atoms with Gasteiger partial charge in [-0.1, -0.05) is 18.9 Å². The summed E-state index contributed by atoms with van der Waals surface area (Å²) >= 11 is 0. The number of aliphatic hydroxyl groups excluding tert-OH is 1. The molecule has 2 aliphatic heterocycles. The standard InChI is InChI=1S/C25H32N4O6/c30-17(15-34-21-7-3-6-20-24(21)18-4-1-2-5-19(18)27-20)14-26-16-10-12-28(13-11-16)25(31)22-8-9-23(35-22)29(32)33/h3,6-9,16-19,26-27,30H,1-2,4-5,10-15H2. The molecule has 1 saturated carbocycles. The normalized spacial score (nSPS) is 22.7. The van der Waals surface area contributed by atoms with Gasteiger partial charge in [0.25, 0.3) is 5.91 Å². The number of nitrogens with one attached hydrogen (secondary N) is 2. The minimum Gasteiger partial charge on any atom is -0.490 e. The molecule has 3 N–H and O–H groups in total. The average molecular weight is 485 g/mol. The summed E-state index contributed by atoms with van der Waals surface area (Å²) in [6.07, 6.45) is 5.68. The van der Waals surface area contributed by atoms with Gasteiger partial charge in [0, 0.05) is 48.9 Å². The molecule has 3 atom stereocenters. The van der Waals surface area contributed by atoms with Crippen molar-refractivity contribution in [2.24, 2.45) is 0 Å². The second-order valence-electron chi connectivity index (χ2n) is 9.69. The van der Waals surface area contributed by atoms with Crippen LogP contribution in [0.2, 0.25) is 0 Å². The number of carbonyl (C=O) groups excluding carboxylic acids is 1. The Labute approximate surface area is 203 Å². The van der Waals surface area contributed by atoms with Crippen LogP contribution in [0.3, 0.4) is 0 Å². The van der Waals surface area contributed by atoms with Crippen LogP contribution in [0.5, 0.6) is 5.75 Å². The van der Waals surface area contributed by atoms with E-state index < -0.39 is 16.9 Å². The number of hydrogen-bond acceptors (Lipinski definition) is 8. The van der Waals surface area contributed by atoms with E-state index in [0.29, 0.717) is 31.6 Å². The summed E-state index contributed by atoms with van der Waals surface area (Å²) in [5, 5.41) is 28.3. The quantitative estimate of drug-likeness (QED) is 0.384. The molecule has 35 heavy (non-hydrogen) atoms. The number of likely N-dealkylation sites (tertiary alicyclic amines) is 1. The van der Waals surface area contributed by atoms with E-state index in [0.717, 1.165) is 24.3 Å². The summed E-state index contributed by atoms with van der Waals surface area (Å²) in [5.74, 6) is 0.572. The minimum absolute atomic E-state index is 0.0159. The third-order valence-electron chi connectivity index (χ3n) is 7.38. The van der Waals surface area contributed by atoms with Gasteiger partial charge in [-0.05, 0) is 43.9 Å². The maximum atomic E-state index is 12.5. The van der Waals surface area contributed by atoms with E-state index >= 15 is 0 Å². The maximum absolute atomic E-state index is 12.5. The van der Waals surface area contributed by atoms with Crippen LogP contribution >= 0.6 is 0 Å². The third kappa shape index (κ3) is 5.13. The number of piperidine rings is 1. The first-order valence-electron chi connectivity index (χ1n) is 12.5. The van der Waals surface area contributed by atoms with Crippen molar-refractivity contribution in [2.45, 2.75) is 62.6 Å². The van der Waals surface area contributed by atoms with Crippen molar-refractivity contribution >= 4 is 17.5 Å². The van der Waals surface area contributed by atoms with Crippen molar-refractivity contribution in [2.75, 3.05) is 31.6 Å². The first-order valence-corrected chi connectivity index (χ1v) is 12.5. The maximum Gasteiger partial charge on any atom is 0.433 e. The topological polar surface area (TPSA) is 130 Å². The first-order chi connectivity index (χ1) is 17.0. The van der Waals surface area contributed by atoms with Crippen molar-refractivity contribution in [3.05, 3.63) is 51.8 Å². The fourth-order valence-corrected chi connectivity index (χ4v) is 5.56. The predicted molar refractivity (Wildman–Crippen MR) is 129 cm³/mol. The number of aliphatic hydroxyl groups is 1. The molecule has 1 amide bonds. The van der Waals surface area contributed by atoms with Crippen molar-refractivity contribution in [3.8, 4) is 5.75 Å². The van der Waals surface area contributed by atoms with Gasteiger partial charge in [-0.25, -0.2) is 0 Å². The van der Waals surface area contributed by atoms with Crippen molar-refractivity contribution < 1.29 is 24.0 Å². The Hall–Kier alpha value is -3.11. The lowest BCUT2D eigenvalue weighted by Gasteiger charge is -2.32. The molecule has 0 radical (unpaired) electrons. The van der Waals surface area contributed by atoms with Crippen LogP contribution < -0.4 is 15.4 Å². The van der Waals surface area contributed by atoms with Gasteiger partial charge in [-0.15, -0.1) is 0 Å². The predicted octanol–water partition coefficient (Wildman–Crippen LogP) is 3.27. The Morgan fingerprint density at radius 1 is 1.23 bits per heavy atom. The molecule has 0 bridgehead atoms. The SMILES string of the molecule is O=C(c1ccc([N+](=O)[O-])o1)N1CCC(NCC(O)COc2cccc3c2C2CCCCC2N3)CC1. The van der Waals surface area contributed by atoms with Crippen LogP contribution in [0.1, 0.15) is 60.6 Å². The second-order valence-corrected chi connectivity index (χ2v) is 9.69. The average Bonchev–Trinajstić information content (AvgIpc) is 3.52. The minimum atomic E-state index is -0.656. The Morgan fingerprint density at radius 2 is 2.03 bits per heavy atom. The third-order valence-corrected chi connectivity index (χ3v) is 7.38. The molecular weight excluding hydrogens is 452 g/mol. The van der Waals surface area contributed by atoms with E-state index in [1.165, 1.54) is 43.4 Å². The molecule has 3 heterocycles. The number of rotatable bonds is 8. The lowest BCUT2D eigenvalue weighted by molar-refractivity contribution is -0.402. The van der Waals surface area contributed by atoms with Gasteiger partial charge in [0.2, 0.25) is 0 Å². The first kappa shape index (κ1) is 23.6. The molecular formula is C25H32N4O6. The fourth-order valence-electron chi connectivity index (χ4n) is 5.56. The van der Waals surface area contributed by atoms with Crippen LogP contribution in [-0.2, 0) is 0 Å².